The van der Waals surface area contributed by atoms with Crippen molar-refractivity contribution in [3.63, 3.8) is 0 Å². The summed E-state index contributed by atoms with van der Waals surface area (Å²) >= 11 is 0. The fourth-order valence-electron chi connectivity index (χ4n) is 2.29. The Balaban J connectivity index is 2.08. The third kappa shape index (κ3) is 3.71. The van der Waals surface area contributed by atoms with Gasteiger partial charge in [-0.05, 0) is 29.7 Å². The van der Waals surface area contributed by atoms with Crippen molar-refractivity contribution < 1.29 is 18.7 Å². The zero-order valence-corrected chi connectivity index (χ0v) is 14.3. The number of nitrogens with two attached hydrogens (primary N) is 1. The predicted octanol–water partition coefficient (Wildman–Crippen LogP) is 3.34. The fraction of sp³-hybridized carbons (Fsp3) is 0.278. The molecule has 7 nitrogen and oxygen atoms in total. The Morgan fingerprint density at radius 3 is 2.64 bits per heavy atom. The van der Waals surface area contributed by atoms with Crippen LogP contribution in [0.3, 0.4) is 0 Å². The van der Waals surface area contributed by atoms with Crippen molar-refractivity contribution in [2.24, 2.45) is 11.1 Å². The molecule has 3 rings (SSSR count). The average Bonchev–Trinajstić information content (AvgIpc) is 2.53. The van der Waals surface area contributed by atoms with Gasteiger partial charge in [0.2, 0.25) is 5.71 Å². The minimum atomic E-state index is -0.914. The Morgan fingerprint density at radius 1 is 1.24 bits per heavy atom. The van der Waals surface area contributed by atoms with Crippen LogP contribution < -0.4 is 20.6 Å². The molecule has 3 aromatic rings. The number of aromatic nitrogens is 1. The molecule has 0 saturated heterocycles. The van der Waals surface area contributed by atoms with E-state index in [9.17, 15) is 4.79 Å². The molecule has 0 spiro atoms. The van der Waals surface area contributed by atoms with Crippen molar-refractivity contribution in [3.05, 3.63) is 35.8 Å². The number of pyridine rings is 1. The molecular formula is C18H19N3O4. The molecule has 0 aliphatic rings. The highest BCUT2D eigenvalue weighted by molar-refractivity contribution is 5.89. The van der Waals surface area contributed by atoms with Gasteiger partial charge < -0.3 is 19.6 Å². The topological polar surface area (TPSA) is 111 Å². The maximum absolute atomic E-state index is 10.9. The lowest BCUT2D eigenvalue weighted by Gasteiger charge is -2.18. The molecular weight excluding hydrogens is 322 g/mol. The second kappa shape index (κ2) is 6.08. The van der Waals surface area contributed by atoms with Crippen LogP contribution in [0.2, 0.25) is 0 Å². The van der Waals surface area contributed by atoms with E-state index < -0.39 is 6.09 Å². The van der Waals surface area contributed by atoms with Crippen molar-refractivity contribution in [2.45, 2.75) is 20.8 Å². The second-order valence-electron chi connectivity index (χ2n) is 6.93. The van der Waals surface area contributed by atoms with Crippen LogP contribution >= 0.6 is 0 Å². The first-order valence-corrected chi connectivity index (χ1v) is 7.74. The fourth-order valence-corrected chi connectivity index (χ4v) is 2.29. The molecule has 0 fully saturated rings. The van der Waals surface area contributed by atoms with Gasteiger partial charge in [-0.3, -0.25) is 5.41 Å². The normalized spacial score (nSPS) is 11.6. The van der Waals surface area contributed by atoms with Gasteiger partial charge >= 0.3 is 6.09 Å². The van der Waals surface area contributed by atoms with Gasteiger partial charge in [0, 0.05) is 5.39 Å². The molecule has 2 aromatic heterocycles. The molecule has 130 valence electrons. The lowest BCUT2D eigenvalue weighted by molar-refractivity contribution is 0.197. The number of fused-ring (bicyclic) bond motifs is 2. The van der Waals surface area contributed by atoms with Gasteiger partial charge in [-0.1, -0.05) is 20.8 Å². The van der Waals surface area contributed by atoms with Gasteiger partial charge in [0.25, 0.3) is 0 Å². The first-order valence-electron chi connectivity index (χ1n) is 7.74. The van der Waals surface area contributed by atoms with E-state index in [1.165, 1.54) is 6.07 Å². The van der Waals surface area contributed by atoms with Crippen LogP contribution in [-0.4, -0.2) is 17.7 Å². The van der Waals surface area contributed by atoms with E-state index in [2.05, 4.69) is 25.8 Å². The Bertz CT molecular complexity index is 1020. The highest BCUT2D eigenvalue weighted by atomic mass is 16.5. The van der Waals surface area contributed by atoms with Gasteiger partial charge in [-0.25, -0.2) is 9.78 Å². The van der Waals surface area contributed by atoms with Crippen LogP contribution in [0.1, 0.15) is 20.8 Å². The number of rotatable bonds is 3. The summed E-state index contributed by atoms with van der Waals surface area (Å²) in [6.07, 6.45) is 0.663. The largest absolute Gasteiger partial charge is 0.491 e. The number of hydrogen-bond acceptors (Lipinski definition) is 6. The monoisotopic (exact) mass is 341 g/mol. The van der Waals surface area contributed by atoms with Gasteiger partial charge in [0.05, 0.1) is 23.5 Å². The van der Waals surface area contributed by atoms with E-state index in [1.54, 1.807) is 24.4 Å². The summed E-state index contributed by atoms with van der Waals surface area (Å²) in [5.74, 6) is 0.811. The smallest absolute Gasteiger partial charge is 0.409 e. The first-order chi connectivity index (χ1) is 11.7. The molecule has 7 heteroatoms. The summed E-state index contributed by atoms with van der Waals surface area (Å²) in [4.78, 5) is 15.1. The molecule has 0 aliphatic heterocycles. The lowest BCUT2D eigenvalue weighted by Crippen LogP contribution is -2.17. The highest BCUT2D eigenvalue weighted by Gasteiger charge is 2.13. The number of nitrogens with zero attached hydrogens (tertiary/aromatic N) is 1. The van der Waals surface area contributed by atoms with Crippen LogP contribution in [0.15, 0.2) is 34.9 Å². The second-order valence-corrected chi connectivity index (χ2v) is 6.93. The summed E-state index contributed by atoms with van der Waals surface area (Å²) in [6.45, 7) is 6.73. The van der Waals surface area contributed by atoms with Crippen LogP contribution in [0.5, 0.6) is 11.5 Å². The number of carbonyl (C=O) groups excluding carboxylic acids is 1. The van der Waals surface area contributed by atoms with Crippen LogP contribution in [0.25, 0.3) is 22.1 Å². The predicted molar refractivity (Wildman–Crippen MR) is 92.5 cm³/mol. The zero-order valence-electron chi connectivity index (χ0n) is 14.3. The third-order valence-electron chi connectivity index (χ3n) is 3.41. The van der Waals surface area contributed by atoms with Crippen LogP contribution in [0, 0.1) is 10.8 Å². The molecule has 0 aliphatic carbocycles. The van der Waals surface area contributed by atoms with Crippen molar-refractivity contribution >= 4 is 28.2 Å². The molecule has 0 unspecified atom stereocenters. The van der Waals surface area contributed by atoms with Crippen LogP contribution in [0.4, 0.5) is 4.79 Å². The highest BCUT2D eigenvalue weighted by Crippen LogP contribution is 2.24. The molecule has 25 heavy (non-hydrogen) atoms. The van der Waals surface area contributed by atoms with E-state index in [0.717, 1.165) is 0 Å². The average molecular weight is 341 g/mol. The minimum Gasteiger partial charge on any atom is -0.491 e. The summed E-state index contributed by atoms with van der Waals surface area (Å²) < 4.78 is 16.3. The number of benzene rings is 1. The number of ether oxygens (including phenoxy) is 2. The van der Waals surface area contributed by atoms with E-state index >= 15 is 0 Å². The van der Waals surface area contributed by atoms with Gasteiger partial charge in [-0.2, -0.15) is 0 Å². The Morgan fingerprint density at radius 2 is 1.96 bits per heavy atom. The molecule has 3 N–H and O–H groups in total. The summed E-state index contributed by atoms with van der Waals surface area (Å²) in [6, 6.07) is 6.41. The third-order valence-corrected chi connectivity index (χ3v) is 3.41. The molecule has 1 amide bonds. The standard InChI is InChI=1S/C18H19N3O4/c1-18(2,3)9-23-11-7-13-15(19)12-6-10(24-17(20)22)4-5-14(12)25-16(13)21-8-11/h4-8,19H,9H2,1-3H3,(H2,20,22). The number of nitrogens with one attached hydrogen (secondary N) is 1. The van der Waals surface area contributed by atoms with Crippen molar-refractivity contribution in [1.29, 1.82) is 5.41 Å². The molecule has 0 radical (unpaired) electrons. The molecule has 0 bridgehead atoms. The van der Waals surface area contributed by atoms with E-state index in [1.807, 2.05) is 0 Å². The molecule has 0 saturated carbocycles. The molecule has 1 aromatic carbocycles. The van der Waals surface area contributed by atoms with Crippen molar-refractivity contribution in [2.75, 3.05) is 6.61 Å². The SMILES string of the molecule is CC(C)(C)COc1cnc2oc3ccc(OC(N)=O)cc3c(=N)c2c1. The Labute approximate surface area is 143 Å². The Hall–Kier alpha value is -3.09. The number of primary amides is 1. The number of amides is 1. The first kappa shape index (κ1) is 16.8. The van der Waals surface area contributed by atoms with E-state index in [0.29, 0.717) is 34.4 Å². The van der Waals surface area contributed by atoms with E-state index in [-0.39, 0.29) is 16.5 Å². The summed E-state index contributed by atoms with van der Waals surface area (Å²) in [7, 11) is 0. The zero-order chi connectivity index (χ0) is 18.2. The molecule has 2 heterocycles. The van der Waals surface area contributed by atoms with Gasteiger partial charge in [-0.15, -0.1) is 0 Å². The maximum Gasteiger partial charge on any atom is 0.409 e. The van der Waals surface area contributed by atoms with E-state index in [4.69, 9.17) is 25.0 Å². The quantitative estimate of drug-likeness (QED) is 0.710. The minimum absolute atomic E-state index is 0.00745. The molecule has 0 atom stereocenters. The lowest BCUT2D eigenvalue weighted by atomic mass is 9.99. The maximum atomic E-state index is 10.9. The number of carbonyl (C=O) groups is 1. The summed E-state index contributed by atoms with van der Waals surface area (Å²) in [5.41, 5.74) is 5.84. The van der Waals surface area contributed by atoms with Gasteiger partial charge in [0.15, 0.2) is 0 Å². The van der Waals surface area contributed by atoms with Crippen LogP contribution in [-0.2, 0) is 0 Å². The Kier molecular flexibility index (Phi) is 4.08. The van der Waals surface area contributed by atoms with Crippen molar-refractivity contribution in [1.82, 2.24) is 4.98 Å². The van der Waals surface area contributed by atoms with Gasteiger partial charge in [0.1, 0.15) is 17.1 Å². The summed E-state index contributed by atoms with van der Waals surface area (Å²) in [5, 5.41) is 9.64. The van der Waals surface area contributed by atoms with Crippen molar-refractivity contribution in [3.8, 4) is 11.5 Å². The number of hydrogen-bond donors (Lipinski definition) is 2.